The Hall–Kier alpha value is -0.760. The van der Waals surface area contributed by atoms with Crippen LogP contribution in [-0.2, 0) is 10.1 Å². The molecule has 2 aromatic rings. The predicted octanol–water partition coefficient (Wildman–Crippen LogP) is 2.11. The highest BCUT2D eigenvalue weighted by atomic mass is 127. The molecule has 1 heterocycles. The molecule has 0 saturated heterocycles. The highest BCUT2D eigenvalue weighted by Crippen LogP contribution is 2.29. The van der Waals surface area contributed by atoms with Crippen LogP contribution in [0, 0.1) is 3.57 Å². The molecule has 0 fully saturated rings. The van der Waals surface area contributed by atoms with E-state index < -0.39 is 10.1 Å². The number of H-pyrrole nitrogens is 1. The number of hydrogen-bond acceptors (Lipinski definition) is 3. The van der Waals surface area contributed by atoms with Crippen molar-refractivity contribution in [2.45, 2.75) is 0 Å². The normalized spacial score (nSPS) is 11.9. The minimum atomic E-state index is -3.48. The van der Waals surface area contributed by atoms with Crippen molar-refractivity contribution in [3.8, 4) is 5.75 Å². The average Bonchev–Trinajstić information content (AvgIpc) is 2.57. The van der Waals surface area contributed by atoms with Crippen LogP contribution in [0.25, 0.3) is 10.8 Å². The third-order valence-electron chi connectivity index (χ3n) is 1.89. The molecule has 6 heteroatoms. The molecule has 1 N–H and O–H groups in total. The van der Waals surface area contributed by atoms with E-state index in [2.05, 4.69) is 27.6 Å². The second-order valence-electron chi connectivity index (χ2n) is 3.12. The fraction of sp³-hybridized carbons (Fsp3) is 0.111. The zero-order valence-electron chi connectivity index (χ0n) is 7.82. The van der Waals surface area contributed by atoms with Gasteiger partial charge >= 0.3 is 10.1 Å². The van der Waals surface area contributed by atoms with Crippen molar-refractivity contribution in [2.24, 2.45) is 0 Å². The van der Waals surface area contributed by atoms with Crippen LogP contribution < -0.4 is 4.18 Å². The molecule has 2 rings (SSSR count). The van der Waals surface area contributed by atoms with Gasteiger partial charge in [0.1, 0.15) is 0 Å². The van der Waals surface area contributed by atoms with Crippen LogP contribution in [0.3, 0.4) is 0 Å². The standard InChI is InChI=1S/C9H8INO3S/c1-15(12,13)14-9-3-2-8(10)6-4-11-5-7(6)9/h2-5,11H,1H3. The summed E-state index contributed by atoms with van der Waals surface area (Å²) in [6, 6.07) is 3.47. The smallest absolute Gasteiger partial charge is 0.306 e. The molecule has 0 aliphatic rings. The van der Waals surface area contributed by atoms with Crippen molar-refractivity contribution < 1.29 is 12.6 Å². The number of rotatable bonds is 2. The van der Waals surface area contributed by atoms with E-state index in [1.54, 1.807) is 12.3 Å². The predicted molar refractivity (Wildman–Crippen MR) is 66.5 cm³/mol. The minimum absolute atomic E-state index is 0.356. The maximum absolute atomic E-state index is 11.0. The van der Waals surface area contributed by atoms with Crippen LogP contribution in [0.1, 0.15) is 0 Å². The summed E-state index contributed by atoms with van der Waals surface area (Å²) in [5, 5.41) is 1.73. The summed E-state index contributed by atoms with van der Waals surface area (Å²) in [4.78, 5) is 2.93. The molecule has 0 saturated carbocycles. The van der Waals surface area contributed by atoms with Gasteiger partial charge in [0, 0.05) is 26.7 Å². The highest BCUT2D eigenvalue weighted by Gasteiger charge is 2.10. The van der Waals surface area contributed by atoms with Gasteiger partial charge in [0.15, 0.2) is 5.75 Å². The molecule has 0 aliphatic carbocycles. The molecular weight excluding hydrogens is 329 g/mol. The number of fused-ring (bicyclic) bond motifs is 1. The fourth-order valence-corrected chi connectivity index (χ4v) is 2.43. The molecular formula is C9H8INO3S. The Morgan fingerprint density at radius 2 is 1.93 bits per heavy atom. The maximum atomic E-state index is 11.0. The average molecular weight is 337 g/mol. The van der Waals surface area contributed by atoms with Crippen molar-refractivity contribution in [1.29, 1.82) is 0 Å². The molecule has 4 nitrogen and oxygen atoms in total. The van der Waals surface area contributed by atoms with E-state index in [4.69, 9.17) is 4.18 Å². The van der Waals surface area contributed by atoms with E-state index in [1.807, 2.05) is 12.3 Å². The number of benzene rings is 1. The second kappa shape index (κ2) is 3.67. The van der Waals surface area contributed by atoms with Gasteiger partial charge in [-0.3, -0.25) is 0 Å². The highest BCUT2D eigenvalue weighted by molar-refractivity contribution is 14.1. The van der Waals surface area contributed by atoms with E-state index in [0.29, 0.717) is 5.75 Å². The van der Waals surface area contributed by atoms with Crippen molar-refractivity contribution in [1.82, 2.24) is 4.98 Å². The van der Waals surface area contributed by atoms with E-state index in [9.17, 15) is 8.42 Å². The summed E-state index contributed by atoms with van der Waals surface area (Å²) in [6.45, 7) is 0. The molecule has 15 heavy (non-hydrogen) atoms. The Labute approximate surface area is 101 Å². The molecule has 1 aromatic heterocycles. The van der Waals surface area contributed by atoms with Crippen LogP contribution in [0.2, 0.25) is 0 Å². The lowest BCUT2D eigenvalue weighted by atomic mass is 10.2. The molecule has 0 spiro atoms. The summed E-state index contributed by atoms with van der Waals surface area (Å²) in [5.41, 5.74) is 0. The Kier molecular flexibility index (Phi) is 2.63. The summed E-state index contributed by atoms with van der Waals surface area (Å²) < 4.78 is 28.0. The Morgan fingerprint density at radius 1 is 1.27 bits per heavy atom. The van der Waals surface area contributed by atoms with Gasteiger partial charge in [-0.1, -0.05) is 0 Å². The lowest BCUT2D eigenvalue weighted by Gasteiger charge is -2.04. The van der Waals surface area contributed by atoms with E-state index in [0.717, 1.165) is 20.6 Å². The van der Waals surface area contributed by atoms with Gasteiger partial charge in [-0.2, -0.15) is 8.42 Å². The first-order valence-electron chi connectivity index (χ1n) is 4.12. The fourth-order valence-electron chi connectivity index (χ4n) is 1.33. The lowest BCUT2D eigenvalue weighted by Crippen LogP contribution is -2.05. The summed E-state index contributed by atoms with van der Waals surface area (Å²) >= 11 is 2.18. The lowest BCUT2D eigenvalue weighted by molar-refractivity contribution is 0.495. The molecule has 80 valence electrons. The van der Waals surface area contributed by atoms with Gasteiger partial charge in [-0.25, -0.2) is 0 Å². The van der Waals surface area contributed by atoms with Crippen LogP contribution in [-0.4, -0.2) is 19.7 Å². The van der Waals surface area contributed by atoms with E-state index in [-0.39, 0.29) is 0 Å². The zero-order chi connectivity index (χ0) is 11.1. The Bertz CT molecular complexity index is 603. The summed E-state index contributed by atoms with van der Waals surface area (Å²) in [5.74, 6) is 0.356. The number of aromatic amines is 1. The number of halogens is 1. The first kappa shape index (κ1) is 10.7. The number of nitrogens with one attached hydrogen (secondary N) is 1. The van der Waals surface area contributed by atoms with Gasteiger partial charge in [-0.05, 0) is 34.7 Å². The SMILES string of the molecule is CS(=O)(=O)Oc1ccc(I)c2c[nH]cc12. The van der Waals surface area contributed by atoms with Gasteiger partial charge in [-0.15, -0.1) is 0 Å². The Morgan fingerprint density at radius 3 is 2.60 bits per heavy atom. The van der Waals surface area contributed by atoms with E-state index in [1.165, 1.54) is 0 Å². The van der Waals surface area contributed by atoms with Gasteiger partial charge in [0.05, 0.1) is 6.26 Å². The monoisotopic (exact) mass is 337 g/mol. The summed E-state index contributed by atoms with van der Waals surface area (Å²) in [6.07, 6.45) is 4.56. The van der Waals surface area contributed by atoms with Gasteiger partial charge in [0.2, 0.25) is 0 Å². The van der Waals surface area contributed by atoms with Crippen LogP contribution in [0.4, 0.5) is 0 Å². The van der Waals surface area contributed by atoms with Crippen molar-refractivity contribution >= 4 is 43.5 Å². The van der Waals surface area contributed by atoms with Crippen LogP contribution in [0.5, 0.6) is 5.75 Å². The van der Waals surface area contributed by atoms with Crippen LogP contribution in [0.15, 0.2) is 24.5 Å². The maximum Gasteiger partial charge on any atom is 0.306 e. The number of hydrogen-bond donors (Lipinski definition) is 1. The minimum Gasteiger partial charge on any atom is -0.382 e. The van der Waals surface area contributed by atoms with Crippen molar-refractivity contribution in [2.75, 3.05) is 6.26 Å². The third-order valence-corrected chi connectivity index (χ3v) is 3.31. The van der Waals surface area contributed by atoms with Crippen molar-refractivity contribution in [3.63, 3.8) is 0 Å². The molecule has 1 aromatic carbocycles. The molecule has 0 amide bonds. The van der Waals surface area contributed by atoms with E-state index >= 15 is 0 Å². The molecule has 0 atom stereocenters. The first-order chi connectivity index (χ1) is 6.97. The Balaban J connectivity index is 2.62. The van der Waals surface area contributed by atoms with Crippen LogP contribution >= 0.6 is 22.6 Å². The van der Waals surface area contributed by atoms with Crippen molar-refractivity contribution in [3.05, 3.63) is 28.1 Å². The first-order valence-corrected chi connectivity index (χ1v) is 7.01. The molecule has 0 aliphatic heterocycles. The molecule has 0 unspecified atom stereocenters. The molecule has 0 bridgehead atoms. The zero-order valence-corrected chi connectivity index (χ0v) is 10.8. The van der Waals surface area contributed by atoms with Gasteiger partial charge < -0.3 is 9.17 Å². The largest absolute Gasteiger partial charge is 0.382 e. The quantitative estimate of drug-likeness (QED) is 0.675. The molecule has 0 radical (unpaired) electrons. The third kappa shape index (κ3) is 2.25. The topological polar surface area (TPSA) is 59.2 Å². The van der Waals surface area contributed by atoms with Gasteiger partial charge in [0.25, 0.3) is 0 Å². The number of aromatic nitrogens is 1. The summed E-state index contributed by atoms with van der Waals surface area (Å²) in [7, 11) is -3.48. The second-order valence-corrected chi connectivity index (χ2v) is 5.85.